The zero-order valence-electron chi connectivity index (χ0n) is 11.1. The maximum Gasteiger partial charge on any atom is 0.269 e. The number of amides is 1. The van der Waals surface area contributed by atoms with Crippen molar-refractivity contribution in [2.75, 3.05) is 13.2 Å². The van der Waals surface area contributed by atoms with E-state index in [0.29, 0.717) is 17.3 Å². The predicted octanol–water partition coefficient (Wildman–Crippen LogP) is 3.12. The number of aromatic amines is 1. The fourth-order valence-corrected chi connectivity index (χ4v) is 2.83. The minimum absolute atomic E-state index is 0.121. The van der Waals surface area contributed by atoms with Crippen molar-refractivity contribution in [2.24, 2.45) is 0 Å². The molecule has 0 saturated carbocycles. The summed E-state index contributed by atoms with van der Waals surface area (Å²) in [7, 11) is 0. The van der Waals surface area contributed by atoms with Gasteiger partial charge in [0.1, 0.15) is 5.69 Å². The topological polar surface area (TPSA) is 54.1 Å². The summed E-state index contributed by atoms with van der Waals surface area (Å²) in [5.41, 5.74) is 1.29. The van der Waals surface area contributed by atoms with E-state index < -0.39 is 0 Å². The number of aromatic nitrogens is 1. The maximum absolute atomic E-state index is 12.2. The Morgan fingerprint density at radius 2 is 2.25 bits per heavy atom. The maximum atomic E-state index is 12.2. The monoisotopic (exact) mass is 292 g/mol. The van der Waals surface area contributed by atoms with Crippen LogP contribution in [-0.2, 0) is 4.74 Å². The molecule has 1 amide bonds. The van der Waals surface area contributed by atoms with Crippen molar-refractivity contribution < 1.29 is 9.53 Å². The van der Waals surface area contributed by atoms with Gasteiger partial charge in [0.25, 0.3) is 5.91 Å². The molecule has 2 aromatic rings. The summed E-state index contributed by atoms with van der Waals surface area (Å²) < 4.78 is 5.60. The van der Waals surface area contributed by atoms with Crippen LogP contribution >= 0.6 is 11.6 Å². The van der Waals surface area contributed by atoms with E-state index in [4.69, 9.17) is 16.3 Å². The molecule has 2 N–H and O–H groups in total. The van der Waals surface area contributed by atoms with Crippen molar-refractivity contribution in [1.29, 1.82) is 0 Å². The molecule has 4 nitrogen and oxygen atoms in total. The van der Waals surface area contributed by atoms with Crippen LogP contribution in [0.5, 0.6) is 0 Å². The first-order valence-electron chi connectivity index (χ1n) is 6.91. The summed E-state index contributed by atoms with van der Waals surface area (Å²) in [5.74, 6) is -0.180. The Morgan fingerprint density at radius 3 is 3.00 bits per heavy atom. The van der Waals surface area contributed by atoms with Crippen LogP contribution in [0, 0.1) is 0 Å². The quantitative estimate of drug-likeness (QED) is 0.913. The normalized spacial score (nSPS) is 19.1. The Balaban J connectivity index is 1.70. The van der Waals surface area contributed by atoms with Crippen LogP contribution < -0.4 is 5.32 Å². The molecule has 1 fully saturated rings. The highest BCUT2D eigenvalue weighted by atomic mass is 35.5. The minimum Gasteiger partial charge on any atom is -0.376 e. The molecule has 1 aliphatic heterocycles. The Bertz CT molecular complexity index is 617. The van der Waals surface area contributed by atoms with Gasteiger partial charge in [-0.3, -0.25) is 4.79 Å². The fraction of sp³-hybridized carbons (Fsp3) is 0.400. The summed E-state index contributed by atoms with van der Waals surface area (Å²) >= 11 is 6.25. The molecule has 1 aromatic heterocycles. The van der Waals surface area contributed by atoms with E-state index in [1.807, 2.05) is 24.3 Å². The average molecular weight is 293 g/mol. The number of H-pyrrole nitrogens is 1. The molecule has 0 spiro atoms. The highest BCUT2D eigenvalue weighted by molar-refractivity contribution is 6.38. The van der Waals surface area contributed by atoms with Gasteiger partial charge in [-0.2, -0.15) is 0 Å². The zero-order valence-corrected chi connectivity index (χ0v) is 11.9. The van der Waals surface area contributed by atoms with Crippen molar-refractivity contribution in [3.05, 3.63) is 35.0 Å². The standard InChI is InChI=1S/C15H17ClN2O2/c16-13-11-6-1-2-7-12(11)18-14(13)15(19)17-9-10-5-3-4-8-20-10/h1-2,6-7,10,18H,3-5,8-9H2,(H,17,19)/t10-/m0/s1. The van der Waals surface area contributed by atoms with Crippen LogP contribution in [0.3, 0.4) is 0 Å². The molecular weight excluding hydrogens is 276 g/mol. The number of benzene rings is 1. The van der Waals surface area contributed by atoms with Gasteiger partial charge >= 0.3 is 0 Å². The molecule has 0 bridgehead atoms. The minimum atomic E-state index is -0.180. The number of para-hydroxylation sites is 1. The number of ether oxygens (including phenoxy) is 1. The third kappa shape index (κ3) is 2.67. The van der Waals surface area contributed by atoms with Gasteiger partial charge in [-0.1, -0.05) is 29.8 Å². The molecule has 1 atom stereocenters. The van der Waals surface area contributed by atoms with Crippen LogP contribution in [0.25, 0.3) is 10.9 Å². The number of nitrogens with one attached hydrogen (secondary N) is 2. The predicted molar refractivity (Wildman–Crippen MR) is 79.2 cm³/mol. The van der Waals surface area contributed by atoms with E-state index in [-0.39, 0.29) is 12.0 Å². The lowest BCUT2D eigenvalue weighted by Crippen LogP contribution is -2.35. The number of hydrogen-bond donors (Lipinski definition) is 2. The molecule has 1 saturated heterocycles. The molecule has 5 heteroatoms. The first-order chi connectivity index (χ1) is 9.75. The van der Waals surface area contributed by atoms with E-state index in [1.165, 1.54) is 0 Å². The third-order valence-corrected chi connectivity index (χ3v) is 4.03. The average Bonchev–Trinajstić information content (AvgIpc) is 2.84. The van der Waals surface area contributed by atoms with E-state index in [9.17, 15) is 4.79 Å². The lowest BCUT2D eigenvalue weighted by Gasteiger charge is -2.22. The molecule has 20 heavy (non-hydrogen) atoms. The lowest BCUT2D eigenvalue weighted by atomic mass is 10.1. The first-order valence-corrected chi connectivity index (χ1v) is 7.29. The molecule has 2 heterocycles. The summed E-state index contributed by atoms with van der Waals surface area (Å²) in [6, 6.07) is 7.61. The molecule has 0 unspecified atom stereocenters. The van der Waals surface area contributed by atoms with Gasteiger partial charge in [0.15, 0.2) is 0 Å². The molecule has 0 aliphatic carbocycles. The Kier molecular flexibility index (Phi) is 3.94. The van der Waals surface area contributed by atoms with Gasteiger partial charge in [-0.15, -0.1) is 0 Å². The second-order valence-electron chi connectivity index (χ2n) is 5.06. The van der Waals surface area contributed by atoms with Crippen molar-refractivity contribution >= 4 is 28.4 Å². The van der Waals surface area contributed by atoms with Crippen molar-refractivity contribution in [1.82, 2.24) is 10.3 Å². The second-order valence-corrected chi connectivity index (χ2v) is 5.44. The lowest BCUT2D eigenvalue weighted by molar-refractivity contribution is 0.0168. The Hall–Kier alpha value is -1.52. The molecule has 1 aliphatic rings. The number of rotatable bonds is 3. The van der Waals surface area contributed by atoms with Gasteiger partial charge in [-0.05, 0) is 25.3 Å². The van der Waals surface area contributed by atoms with Crippen LogP contribution in [-0.4, -0.2) is 30.1 Å². The van der Waals surface area contributed by atoms with Crippen molar-refractivity contribution in [3.8, 4) is 0 Å². The van der Waals surface area contributed by atoms with E-state index in [0.717, 1.165) is 36.8 Å². The zero-order chi connectivity index (χ0) is 13.9. The summed E-state index contributed by atoms with van der Waals surface area (Å²) in [6.07, 6.45) is 3.39. The molecule has 0 radical (unpaired) electrons. The molecule has 1 aromatic carbocycles. The van der Waals surface area contributed by atoms with E-state index >= 15 is 0 Å². The van der Waals surface area contributed by atoms with Gasteiger partial charge in [-0.25, -0.2) is 0 Å². The third-order valence-electron chi connectivity index (χ3n) is 3.63. The van der Waals surface area contributed by atoms with Gasteiger partial charge in [0, 0.05) is 24.1 Å². The van der Waals surface area contributed by atoms with Crippen molar-refractivity contribution in [3.63, 3.8) is 0 Å². The highest BCUT2D eigenvalue weighted by Crippen LogP contribution is 2.27. The van der Waals surface area contributed by atoms with Crippen LogP contribution in [0.1, 0.15) is 29.8 Å². The molecule has 106 valence electrons. The van der Waals surface area contributed by atoms with Gasteiger partial charge in [0.05, 0.1) is 11.1 Å². The SMILES string of the molecule is O=C(NC[C@@H]1CCCCO1)c1[nH]c2ccccc2c1Cl. The van der Waals surface area contributed by atoms with Crippen LogP contribution in [0.15, 0.2) is 24.3 Å². The van der Waals surface area contributed by atoms with Gasteiger partial charge < -0.3 is 15.0 Å². The Labute approximate surface area is 122 Å². The van der Waals surface area contributed by atoms with Crippen LogP contribution in [0.4, 0.5) is 0 Å². The smallest absolute Gasteiger partial charge is 0.269 e. The first kappa shape index (κ1) is 13.5. The number of hydrogen-bond acceptors (Lipinski definition) is 2. The van der Waals surface area contributed by atoms with E-state index in [2.05, 4.69) is 10.3 Å². The molecule has 3 rings (SSSR count). The number of fused-ring (bicyclic) bond motifs is 1. The molecular formula is C15H17ClN2O2. The fourth-order valence-electron chi connectivity index (χ4n) is 2.53. The summed E-state index contributed by atoms with van der Waals surface area (Å²) in [6.45, 7) is 1.32. The van der Waals surface area contributed by atoms with Gasteiger partial charge in [0.2, 0.25) is 0 Å². The Morgan fingerprint density at radius 1 is 1.40 bits per heavy atom. The number of carbonyl (C=O) groups is 1. The second kappa shape index (κ2) is 5.85. The number of halogens is 1. The van der Waals surface area contributed by atoms with E-state index in [1.54, 1.807) is 0 Å². The summed E-state index contributed by atoms with van der Waals surface area (Å²) in [4.78, 5) is 15.3. The van der Waals surface area contributed by atoms with Crippen molar-refractivity contribution in [2.45, 2.75) is 25.4 Å². The largest absolute Gasteiger partial charge is 0.376 e. The highest BCUT2D eigenvalue weighted by Gasteiger charge is 2.19. The number of carbonyl (C=O) groups excluding carboxylic acids is 1. The van der Waals surface area contributed by atoms with Crippen LogP contribution in [0.2, 0.25) is 5.02 Å². The summed E-state index contributed by atoms with van der Waals surface area (Å²) in [5, 5.41) is 4.23.